The minimum absolute atomic E-state index is 0.191. The van der Waals surface area contributed by atoms with Crippen molar-refractivity contribution in [3.63, 3.8) is 0 Å². The summed E-state index contributed by atoms with van der Waals surface area (Å²) in [5.74, 6) is 0. The van der Waals surface area contributed by atoms with E-state index in [0.29, 0.717) is 0 Å². The molecular formula is C10H11FN2O5. The van der Waals surface area contributed by atoms with Crippen LogP contribution in [0.1, 0.15) is 6.42 Å². The fourth-order valence-corrected chi connectivity index (χ4v) is 2.57. The third-order valence-electron chi connectivity index (χ3n) is 3.58. The predicted octanol–water partition coefficient (Wildman–Crippen LogP) is -1.95. The summed E-state index contributed by atoms with van der Waals surface area (Å²) in [6.45, 7) is -0.549. The van der Waals surface area contributed by atoms with E-state index in [9.17, 15) is 19.1 Å². The molecule has 2 aliphatic rings. The zero-order chi connectivity index (χ0) is 13.1. The highest BCUT2D eigenvalue weighted by atomic mass is 19.1. The zero-order valence-corrected chi connectivity index (χ0v) is 9.17. The zero-order valence-electron chi connectivity index (χ0n) is 9.17. The van der Waals surface area contributed by atoms with Crippen LogP contribution in [0.25, 0.3) is 0 Å². The molecule has 7 nitrogen and oxygen atoms in total. The van der Waals surface area contributed by atoms with Crippen LogP contribution in [0, 0.1) is 0 Å². The topological polar surface area (TPSA) is 105 Å². The van der Waals surface area contributed by atoms with E-state index in [1.165, 1.54) is 0 Å². The molecule has 3 rings (SSSR count). The predicted molar refractivity (Wildman–Crippen MR) is 55.7 cm³/mol. The lowest BCUT2D eigenvalue weighted by Gasteiger charge is -2.18. The summed E-state index contributed by atoms with van der Waals surface area (Å²) in [6.07, 6.45) is -1.65. The van der Waals surface area contributed by atoms with Crippen LogP contribution in [-0.2, 0) is 10.5 Å². The first kappa shape index (κ1) is 11.6. The van der Waals surface area contributed by atoms with Crippen molar-refractivity contribution in [2.45, 2.75) is 30.0 Å². The number of hydrogen-bond acceptors (Lipinski definition) is 5. The lowest BCUT2D eigenvalue weighted by Crippen LogP contribution is -2.39. The van der Waals surface area contributed by atoms with Gasteiger partial charge in [0.15, 0.2) is 11.4 Å². The molecule has 1 saturated carbocycles. The fraction of sp³-hybridized carbons (Fsp3) is 0.600. The van der Waals surface area contributed by atoms with E-state index in [2.05, 4.69) is 0 Å². The van der Waals surface area contributed by atoms with Gasteiger partial charge >= 0.3 is 5.69 Å². The van der Waals surface area contributed by atoms with Gasteiger partial charge in [0.1, 0.15) is 12.2 Å². The normalized spacial score (nSPS) is 41.7. The van der Waals surface area contributed by atoms with Gasteiger partial charge in [0, 0.05) is 18.7 Å². The molecule has 1 aromatic heterocycles. The van der Waals surface area contributed by atoms with Crippen molar-refractivity contribution in [3.8, 4) is 0 Å². The van der Waals surface area contributed by atoms with Crippen molar-refractivity contribution in [2.24, 2.45) is 0 Å². The van der Waals surface area contributed by atoms with Crippen molar-refractivity contribution in [2.75, 3.05) is 6.61 Å². The Labute approximate surface area is 99.4 Å². The average molecular weight is 258 g/mol. The van der Waals surface area contributed by atoms with Gasteiger partial charge in [-0.15, -0.1) is 0 Å². The second-order valence-corrected chi connectivity index (χ2v) is 4.59. The Morgan fingerprint density at radius 1 is 1.61 bits per heavy atom. The molecule has 1 saturated heterocycles. The number of H-pyrrole nitrogens is 1. The summed E-state index contributed by atoms with van der Waals surface area (Å²) in [4.78, 5) is 24.6. The molecule has 0 amide bonds. The molecule has 0 aromatic carbocycles. The van der Waals surface area contributed by atoms with Crippen LogP contribution < -0.4 is 11.2 Å². The molecule has 8 heteroatoms. The fourth-order valence-electron chi connectivity index (χ4n) is 2.57. The smallest absolute Gasteiger partial charge is 0.330 e. The Kier molecular flexibility index (Phi) is 2.11. The van der Waals surface area contributed by atoms with Crippen LogP contribution in [0.15, 0.2) is 21.9 Å². The molecule has 0 spiro atoms. The van der Waals surface area contributed by atoms with Crippen molar-refractivity contribution in [1.82, 2.24) is 9.55 Å². The maximum absolute atomic E-state index is 14.4. The number of nitrogens with one attached hydrogen (secondary N) is 1. The molecule has 4 atom stereocenters. The van der Waals surface area contributed by atoms with E-state index < -0.39 is 41.5 Å². The highest BCUT2D eigenvalue weighted by Crippen LogP contribution is 2.65. The molecule has 18 heavy (non-hydrogen) atoms. The number of aliphatic hydroxyl groups excluding tert-OH is 2. The van der Waals surface area contributed by atoms with Crippen LogP contribution in [0.2, 0.25) is 0 Å². The molecule has 2 fully saturated rings. The van der Waals surface area contributed by atoms with Gasteiger partial charge in [-0.1, -0.05) is 0 Å². The van der Waals surface area contributed by atoms with Crippen LogP contribution in [0.4, 0.5) is 4.39 Å². The van der Waals surface area contributed by atoms with Gasteiger partial charge in [0.25, 0.3) is 5.56 Å². The van der Waals surface area contributed by atoms with E-state index in [1.54, 1.807) is 0 Å². The Bertz CT molecular complexity index is 613. The van der Waals surface area contributed by atoms with E-state index in [-0.39, 0.29) is 6.42 Å². The third-order valence-corrected chi connectivity index (χ3v) is 3.58. The minimum Gasteiger partial charge on any atom is -0.394 e. The third kappa shape index (κ3) is 1.17. The maximum atomic E-state index is 14.4. The van der Waals surface area contributed by atoms with Crippen molar-refractivity contribution in [3.05, 3.63) is 33.1 Å². The van der Waals surface area contributed by atoms with Gasteiger partial charge in [-0.25, -0.2) is 9.18 Å². The first-order valence-electron chi connectivity index (χ1n) is 5.43. The SMILES string of the molecule is O=c1ccn([C@@]23C[C@@]2(F)[C@H](O)[C@@H](CO)O3)c(=O)[nH]1. The summed E-state index contributed by atoms with van der Waals surface area (Å²) in [5.41, 5.74) is -5.15. The van der Waals surface area contributed by atoms with Gasteiger partial charge in [0.05, 0.1) is 6.61 Å². The van der Waals surface area contributed by atoms with E-state index in [1.807, 2.05) is 4.98 Å². The van der Waals surface area contributed by atoms with Crippen LogP contribution in [-0.4, -0.2) is 44.2 Å². The Morgan fingerprint density at radius 3 is 2.89 bits per heavy atom. The number of aromatic nitrogens is 2. The van der Waals surface area contributed by atoms with E-state index >= 15 is 0 Å². The van der Waals surface area contributed by atoms with E-state index in [4.69, 9.17) is 9.84 Å². The van der Waals surface area contributed by atoms with E-state index in [0.717, 1.165) is 16.8 Å². The molecule has 1 aliphatic heterocycles. The second kappa shape index (κ2) is 3.28. The van der Waals surface area contributed by atoms with Crippen LogP contribution in [0.3, 0.4) is 0 Å². The average Bonchev–Trinajstić information content (AvgIpc) is 2.86. The number of ether oxygens (including phenoxy) is 1. The summed E-state index contributed by atoms with van der Waals surface area (Å²) < 4.78 is 20.6. The summed E-state index contributed by atoms with van der Waals surface area (Å²) in [5, 5.41) is 18.7. The second-order valence-electron chi connectivity index (χ2n) is 4.59. The number of alkyl halides is 1. The quantitative estimate of drug-likeness (QED) is 0.572. The number of halogens is 1. The van der Waals surface area contributed by atoms with Gasteiger partial charge < -0.3 is 14.9 Å². The van der Waals surface area contributed by atoms with Crippen LogP contribution >= 0.6 is 0 Å². The highest BCUT2D eigenvalue weighted by Gasteiger charge is 2.82. The Balaban J connectivity index is 2.09. The molecule has 0 bridgehead atoms. The lowest BCUT2D eigenvalue weighted by molar-refractivity contribution is -0.0890. The standard InChI is InChI=1S/C10H11FN2O5/c11-9-4-10(9,18-5(3-14)7(9)16)13-2-1-6(15)12-8(13)17/h1-2,5,7,14,16H,3-4H2,(H,12,15,17)/t5-,7-,9-,10-/m1/s1. The molecule has 1 aliphatic carbocycles. The van der Waals surface area contributed by atoms with Gasteiger partial charge in [-0.3, -0.25) is 14.3 Å². The molecule has 98 valence electrons. The molecule has 1 aromatic rings. The first-order chi connectivity index (χ1) is 8.44. The summed E-state index contributed by atoms with van der Waals surface area (Å²) in [7, 11) is 0. The highest BCUT2D eigenvalue weighted by molar-refractivity contribution is 5.25. The number of hydrogen-bond donors (Lipinski definition) is 3. The maximum Gasteiger partial charge on any atom is 0.330 e. The molecular weight excluding hydrogens is 247 g/mol. The largest absolute Gasteiger partial charge is 0.394 e. The van der Waals surface area contributed by atoms with Crippen molar-refractivity contribution >= 4 is 0 Å². The molecule has 0 radical (unpaired) electrons. The number of aliphatic hydroxyl groups is 2. The monoisotopic (exact) mass is 258 g/mol. The van der Waals surface area contributed by atoms with Gasteiger partial charge in [-0.2, -0.15) is 0 Å². The Hall–Kier alpha value is -1.51. The first-order valence-corrected chi connectivity index (χ1v) is 5.43. The Morgan fingerprint density at radius 2 is 2.33 bits per heavy atom. The molecule has 2 heterocycles. The summed E-state index contributed by atoms with van der Waals surface area (Å²) >= 11 is 0. The van der Waals surface area contributed by atoms with Gasteiger partial charge in [-0.05, 0) is 0 Å². The van der Waals surface area contributed by atoms with Crippen LogP contribution in [0.5, 0.6) is 0 Å². The van der Waals surface area contributed by atoms with Gasteiger partial charge in [0.2, 0.25) is 0 Å². The number of nitrogens with zero attached hydrogens (tertiary/aromatic N) is 1. The lowest BCUT2D eigenvalue weighted by atomic mass is 10.1. The minimum atomic E-state index is -2.11. The van der Waals surface area contributed by atoms with Crippen molar-refractivity contribution in [1.29, 1.82) is 0 Å². The number of fused-ring (bicyclic) bond motifs is 1. The number of rotatable bonds is 2. The molecule has 0 unspecified atom stereocenters. The number of aromatic amines is 1. The van der Waals surface area contributed by atoms with Crippen molar-refractivity contribution < 1.29 is 19.3 Å². The molecule has 3 N–H and O–H groups in total. The summed E-state index contributed by atoms with van der Waals surface area (Å²) in [6, 6.07) is 1.07.